The van der Waals surface area contributed by atoms with Crippen LogP contribution in [0.3, 0.4) is 0 Å². The number of rotatable bonds is 17. The fourth-order valence-corrected chi connectivity index (χ4v) is 3.67. The van der Waals surface area contributed by atoms with Gasteiger partial charge < -0.3 is 9.47 Å². The topological polar surface area (TPSA) is 52.6 Å². The van der Waals surface area contributed by atoms with Gasteiger partial charge in [-0.3, -0.25) is 9.59 Å². The Morgan fingerprint density at radius 3 is 1.73 bits per heavy atom. The van der Waals surface area contributed by atoms with Crippen LogP contribution >= 0.6 is 0 Å². The van der Waals surface area contributed by atoms with E-state index in [-0.39, 0.29) is 0 Å². The third-order valence-corrected chi connectivity index (χ3v) is 5.91. The van der Waals surface area contributed by atoms with Crippen molar-refractivity contribution >= 4 is 11.9 Å². The Morgan fingerprint density at radius 2 is 1.20 bits per heavy atom. The van der Waals surface area contributed by atoms with Crippen LogP contribution in [0.2, 0.25) is 0 Å². The van der Waals surface area contributed by atoms with Crippen molar-refractivity contribution in [1.82, 2.24) is 0 Å². The summed E-state index contributed by atoms with van der Waals surface area (Å²) < 4.78 is 11.0. The highest BCUT2D eigenvalue weighted by Crippen LogP contribution is 2.30. The normalized spacial score (nSPS) is 11.3. The Hall–Kier alpha value is -1.84. The van der Waals surface area contributed by atoms with Gasteiger partial charge in [0, 0.05) is 0 Å². The Kier molecular flexibility index (Phi) is 13.9. The molecular weight excluding hydrogens is 376 g/mol. The van der Waals surface area contributed by atoms with Gasteiger partial charge in [-0.1, -0.05) is 96.0 Å². The molecule has 1 rings (SSSR count). The van der Waals surface area contributed by atoms with Gasteiger partial charge in [-0.05, 0) is 37.7 Å². The number of hydrogen-bond donors (Lipinski definition) is 0. The molecule has 0 amide bonds. The van der Waals surface area contributed by atoms with Crippen LogP contribution in [0.5, 0.6) is 0 Å². The van der Waals surface area contributed by atoms with Crippen molar-refractivity contribution in [3.63, 3.8) is 0 Å². The molecule has 170 valence electrons. The van der Waals surface area contributed by atoms with E-state index in [0.717, 1.165) is 25.7 Å². The molecule has 4 heteroatoms. The Balaban J connectivity index is 2.32. The van der Waals surface area contributed by atoms with Crippen LogP contribution in [0, 0.1) is 5.41 Å². The van der Waals surface area contributed by atoms with Gasteiger partial charge in [-0.15, -0.1) is 0 Å². The molecule has 0 saturated heterocycles. The van der Waals surface area contributed by atoms with E-state index < -0.39 is 17.4 Å². The summed E-state index contributed by atoms with van der Waals surface area (Å²) in [4.78, 5) is 25.4. The third kappa shape index (κ3) is 9.32. The second-order valence-corrected chi connectivity index (χ2v) is 8.13. The predicted molar refractivity (Wildman–Crippen MR) is 122 cm³/mol. The van der Waals surface area contributed by atoms with Gasteiger partial charge in [0.1, 0.15) is 0 Å². The van der Waals surface area contributed by atoms with E-state index in [1.165, 1.54) is 44.1 Å². The summed E-state index contributed by atoms with van der Waals surface area (Å²) in [5.74, 6) is -0.870. The molecule has 0 fully saturated rings. The van der Waals surface area contributed by atoms with Crippen molar-refractivity contribution in [3.05, 3.63) is 35.9 Å². The van der Waals surface area contributed by atoms with Gasteiger partial charge in [-0.2, -0.15) is 0 Å². The second kappa shape index (κ2) is 15.9. The number of aryl methyl sites for hydroxylation is 1. The van der Waals surface area contributed by atoms with E-state index in [2.05, 4.69) is 19.1 Å². The zero-order chi connectivity index (χ0) is 22.1. The molecule has 4 nitrogen and oxygen atoms in total. The summed E-state index contributed by atoms with van der Waals surface area (Å²) in [6.45, 7) is 6.64. The van der Waals surface area contributed by atoms with Gasteiger partial charge in [0.25, 0.3) is 0 Å². The van der Waals surface area contributed by atoms with Gasteiger partial charge in [0.15, 0.2) is 5.41 Å². The van der Waals surface area contributed by atoms with Gasteiger partial charge in [-0.25, -0.2) is 0 Å². The molecule has 0 spiro atoms. The smallest absolute Gasteiger partial charge is 0.323 e. The van der Waals surface area contributed by atoms with Crippen molar-refractivity contribution in [2.45, 2.75) is 97.8 Å². The lowest BCUT2D eigenvalue weighted by Crippen LogP contribution is -2.41. The molecule has 1 aromatic rings. The fourth-order valence-electron chi connectivity index (χ4n) is 3.67. The number of hydrogen-bond acceptors (Lipinski definition) is 4. The molecule has 0 aliphatic carbocycles. The molecule has 0 aromatic heterocycles. The van der Waals surface area contributed by atoms with Crippen LogP contribution in [0.15, 0.2) is 30.3 Å². The molecule has 0 bridgehead atoms. The molecule has 0 heterocycles. The van der Waals surface area contributed by atoms with Crippen LogP contribution in [0.25, 0.3) is 0 Å². The lowest BCUT2D eigenvalue weighted by atomic mass is 9.82. The molecule has 0 N–H and O–H groups in total. The minimum Gasteiger partial charge on any atom is -0.465 e. The average molecular weight is 419 g/mol. The number of carbonyl (C=O) groups is 2. The Morgan fingerprint density at radius 1 is 0.700 bits per heavy atom. The van der Waals surface area contributed by atoms with Gasteiger partial charge in [0.2, 0.25) is 0 Å². The van der Waals surface area contributed by atoms with Crippen LogP contribution < -0.4 is 0 Å². The molecule has 0 saturated carbocycles. The first-order valence-electron chi connectivity index (χ1n) is 12.0. The molecule has 30 heavy (non-hydrogen) atoms. The monoisotopic (exact) mass is 418 g/mol. The summed E-state index contributed by atoms with van der Waals surface area (Å²) >= 11 is 0. The largest absolute Gasteiger partial charge is 0.465 e. The average Bonchev–Trinajstić information content (AvgIpc) is 2.77. The predicted octanol–water partition coefficient (Wildman–Crippen LogP) is 6.65. The number of esters is 2. The zero-order valence-electron chi connectivity index (χ0n) is 19.4. The lowest BCUT2D eigenvalue weighted by Gasteiger charge is -2.27. The Labute approximate surface area is 183 Å². The zero-order valence-corrected chi connectivity index (χ0v) is 19.4. The molecule has 0 radical (unpaired) electrons. The highest BCUT2D eigenvalue weighted by molar-refractivity contribution is 5.99. The minimum atomic E-state index is -1.17. The Bertz CT molecular complexity index is 578. The summed E-state index contributed by atoms with van der Waals surface area (Å²) in [5, 5.41) is 0. The molecule has 1 aromatic carbocycles. The summed E-state index contributed by atoms with van der Waals surface area (Å²) in [7, 11) is 0. The summed E-state index contributed by atoms with van der Waals surface area (Å²) in [5.41, 5.74) is 0.0444. The quantitative estimate of drug-likeness (QED) is 0.161. The SMILES string of the molecule is CCCCCCCCCCOC(=O)C(CC)(CC)C(=O)OCCCc1ccccc1. The summed E-state index contributed by atoms with van der Waals surface area (Å²) in [6.07, 6.45) is 11.9. The highest BCUT2D eigenvalue weighted by atomic mass is 16.6. The first kappa shape index (κ1) is 26.2. The van der Waals surface area contributed by atoms with Crippen molar-refractivity contribution in [3.8, 4) is 0 Å². The maximum absolute atomic E-state index is 12.7. The minimum absolute atomic E-state index is 0.320. The molecule has 0 atom stereocenters. The number of benzene rings is 1. The molecule has 0 unspecified atom stereocenters. The van der Waals surface area contributed by atoms with Crippen molar-refractivity contribution in [1.29, 1.82) is 0 Å². The maximum atomic E-state index is 12.7. The molecule has 0 aliphatic rings. The van der Waals surface area contributed by atoms with Crippen molar-refractivity contribution < 1.29 is 19.1 Å². The van der Waals surface area contributed by atoms with Crippen molar-refractivity contribution in [2.24, 2.45) is 5.41 Å². The van der Waals surface area contributed by atoms with Crippen LogP contribution in [0.1, 0.15) is 97.0 Å². The van der Waals surface area contributed by atoms with Crippen LogP contribution in [-0.2, 0) is 25.5 Å². The van der Waals surface area contributed by atoms with Crippen LogP contribution in [0.4, 0.5) is 0 Å². The number of ether oxygens (including phenoxy) is 2. The van der Waals surface area contributed by atoms with Gasteiger partial charge in [0.05, 0.1) is 13.2 Å². The van der Waals surface area contributed by atoms with E-state index in [9.17, 15) is 9.59 Å². The van der Waals surface area contributed by atoms with E-state index in [0.29, 0.717) is 26.1 Å². The lowest BCUT2D eigenvalue weighted by molar-refractivity contribution is -0.173. The second-order valence-electron chi connectivity index (χ2n) is 8.13. The molecular formula is C26H42O4. The number of unbranched alkanes of at least 4 members (excludes halogenated alkanes) is 7. The summed E-state index contributed by atoms with van der Waals surface area (Å²) in [6, 6.07) is 10.1. The fraction of sp³-hybridized carbons (Fsp3) is 0.692. The van der Waals surface area contributed by atoms with E-state index >= 15 is 0 Å². The van der Waals surface area contributed by atoms with Crippen LogP contribution in [-0.4, -0.2) is 25.2 Å². The molecule has 0 aliphatic heterocycles. The highest BCUT2D eigenvalue weighted by Gasteiger charge is 2.45. The standard InChI is InChI=1S/C26H42O4/c1-4-7-8-9-10-11-12-16-21-29-24(27)26(5-2,6-3)25(28)30-22-17-20-23-18-14-13-15-19-23/h13-15,18-19H,4-12,16-17,20-22H2,1-3H3. The third-order valence-electron chi connectivity index (χ3n) is 5.91. The maximum Gasteiger partial charge on any atom is 0.323 e. The van der Waals surface area contributed by atoms with E-state index in [4.69, 9.17) is 9.47 Å². The first-order valence-corrected chi connectivity index (χ1v) is 12.0. The van der Waals surface area contributed by atoms with E-state index in [1.54, 1.807) is 0 Å². The first-order chi connectivity index (χ1) is 14.6. The van der Waals surface area contributed by atoms with Crippen molar-refractivity contribution in [2.75, 3.05) is 13.2 Å². The van der Waals surface area contributed by atoms with E-state index in [1.807, 2.05) is 32.0 Å². The number of carbonyl (C=O) groups excluding carboxylic acids is 2. The van der Waals surface area contributed by atoms with Gasteiger partial charge >= 0.3 is 11.9 Å².